The molecule has 2 atom stereocenters. The van der Waals surface area contributed by atoms with Crippen molar-refractivity contribution >= 4 is 11.6 Å². The van der Waals surface area contributed by atoms with Gasteiger partial charge >= 0.3 is 0 Å². The third-order valence-electron chi connectivity index (χ3n) is 3.57. The summed E-state index contributed by atoms with van der Waals surface area (Å²) in [6, 6.07) is 0.331. The molecule has 1 aliphatic rings. The number of aryl methyl sites for hydroxylation is 2. The van der Waals surface area contributed by atoms with Crippen LogP contribution in [0.4, 0.5) is 0 Å². The minimum Gasteiger partial charge on any atom is -0.377 e. The van der Waals surface area contributed by atoms with Gasteiger partial charge in [-0.3, -0.25) is 4.68 Å². The molecular weight excluding hydrogens is 250 g/mol. The van der Waals surface area contributed by atoms with Crippen molar-refractivity contribution < 1.29 is 4.74 Å². The van der Waals surface area contributed by atoms with Crippen molar-refractivity contribution in [2.24, 2.45) is 7.05 Å². The molecule has 2 rings (SSSR count). The molecule has 2 unspecified atom stereocenters. The molecule has 1 aromatic heterocycles. The van der Waals surface area contributed by atoms with Crippen molar-refractivity contribution in [1.29, 1.82) is 0 Å². The second-order valence-corrected chi connectivity index (χ2v) is 5.26. The number of nitrogens with one attached hydrogen (secondary N) is 1. The van der Waals surface area contributed by atoms with Crippen LogP contribution in [-0.4, -0.2) is 35.1 Å². The lowest BCUT2D eigenvalue weighted by Crippen LogP contribution is -2.41. The van der Waals surface area contributed by atoms with E-state index in [-0.39, 0.29) is 0 Å². The van der Waals surface area contributed by atoms with Crippen molar-refractivity contribution in [2.75, 3.05) is 13.2 Å². The molecule has 2 heterocycles. The van der Waals surface area contributed by atoms with E-state index in [9.17, 15) is 0 Å². The molecule has 1 aliphatic heterocycles. The molecule has 0 saturated carbocycles. The van der Waals surface area contributed by atoms with Gasteiger partial charge in [-0.05, 0) is 32.7 Å². The molecule has 1 N–H and O–H groups in total. The topological polar surface area (TPSA) is 39.1 Å². The third kappa shape index (κ3) is 2.87. The second-order valence-electron chi connectivity index (χ2n) is 4.90. The van der Waals surface area contributed by atoms with Crippen molar-refractivity contribution in [3.63, 3.8) is 0 Å². The van der Waals surface area contributed by atoms with Gasteiger partial charge in [0, 0.05) is 25.3 Å². The van der Waals surface area contributed by atoms with Crippen LogP contribution >= 0.6 is 11.6 Å². The standard InChI is InChI=1S/C13H22ClN3O/c1-4-15-11(12-6-5-7-18-12)8-10-9(2)16-17(3)13(10)14/h11-12,15H,4-8H2,1-3H3. The lowest BCUT2D eigenvalue weighted by Gasteiger charge is -2.23. The monoisotopic (exact) mass is 271 g/mol. The molecule has 4 nitrogen and oxygen atoms in total. The molecular formula is C13H22ClN3O. The summed E-state index contributed by atoms with van der Waals surface area (Å²) in [4.78, 5) is 0. The maximum atomic E-state index is 6.30. The van der Waals surface area contributed by atoms with Crippen LogP contribution in [-0.2, 0) is 18.2 Å². The van der Waals surface area contributed by atoms with E-state index in [0.29, 0.717) is 12.1 Å². The zero-order valence-electron chi connectivity index (χ0n) is 11.4. The zero-order valence-corrected chi connectivity index (χ0v) is 12.1. The molecule has 1 aromatic rings. The number of aromatic nitrogens is 2. The summed E-state index contributed by atoms with van der Waals surface area (Å²) < 4.78 is 7.53. The molecule has 0 radical (unpaired) electrons. The van der Waals surface area contributed by atoms with Crippen molar-refractivity contribution in [2.45, 2.75) is 45.3 Å². The number of rotatable bonds is 5. The Hall–Kier alpha value is -0.580. The summed E-state index contributed by atoms with van der Waals surface area (Å²) in [5, 5.41) is 8.63. The van der Waals surface area contributed by atoms with Gasteiger partial charge in [0.05, 0.1) is 11.8 Å². The van der Waals surface area contributed by atoms with E-state index in [1.54, 1.807) is 4.68 Å². The van der Waals surface area contributed by atoms with E-state index in [1.165, 1.54) is 0 Å². The first-order chi connectivity index (χ1) is 8.63. The fourth-order valence-corrected chi connectivity index (χ4v) is 2.89. The highest BCUT2D eigenvalue weighted by atomic mass is 35.5. The van der Waals surface area contributed by atoms with Crippen LogP contribution in [0, 0.1) is 6.92 Å². The number of halogens is 1. The van der Waals surface area contributed by atoms with Crippen LogP contribution in [0.2, 0.25) is 5.15 Å². The Morgan fingerprint density at radius 3 is 2.89 bits per heavy atom. The van der Waals surface area contributed by atoms with Crippen LogP contribution in [0.15, 0.2) is 0 Å². The van der Waals surface area contributed by atoms with Crippen LogP contribution in [0.1, 0.15) is 31.0 Å². The number of ether oxygens (including phenoxy) is 1. The van der Waals surface area contributed by atoms with Gasteiger partial charge < -0.3 is 10.1 Å². The van der Waals surface area contributed by atoms with Gasteiger partial charge in [0.2, 0.25) is 0 Å². The van der Waals surface area contributed by atoms with E-state index >= 15 is 0 Å². The van der Waals surface area contributed by atoms with Crippen molar-refractivity contribution in [1.82, 2.24) is 15.1 Å². The number of nitrogens with zero attached hydrogens (tertiary/aromatic N) is 2. The van der Waals surface area contributed by atoms with Gasteiger partial charge in [0.25, 0.3) is 0 Å². The Morgan fingerprint density at radius 1 is 1.61 bits per heavy atom. The minimum absolute atomic E-state index is 0.306. The fourth-order valence-electron chi connectivity index (χ4n) is 2.64. The molecule has 1 fully saturated rings. The summed E-state index contributed by atoms with van der Waals surface area (Å²) in [6.45, 7) is 5.97. The van der Waals surface area contributed by atoms with Gasteiger partial charge in [-0.1, -0.05) is 18.5 Å². The van der Waals surface area contributed by atoms with Crippen LogP contribution in [0.3, 0.4) is 0 Å². The highest BCUT2D eigenvalue weighted by Gasteiger charge is 2.27. The Bertz CT molecular complexity index is 399. The van der Waals surface area contributed by atoms with Gasteiger partial charge in [-0.2, -0.15) is 5.10 Å². The van der Waals surface area contributed by atoms with Crippen LogP contribution < -0.4 is 5.32 Å². The number of hydrogen-bond acceptors (Lipinski definition) is 3. The molecule has 0 bridgehead atoms. The molecule has 102 valence electrons. The highest BCUT2D eigenvalue weighted by molar-refractivity contribution is 6.30. The van der Waals surface area contributed by atoms with Gasteiger partial charge in [-0.15, -0.1) is 0 Å². The highest BCUT2D eigenvalue weighted by Crippen LogP contribution is 2.24. The van der Waals surface area contributed by atoms with Gasteiger partial charge in [0.1, 0.15) is 5.15 Å². The summed E-state index contributed by atoms with van der Waals surface area (Å²) in [7, 11) is 1.88. The van der Waals surface area contributed by atoms with E-state index < -0.39 is 0 Å². The summed E-state index contributed by atoms with van der Waals surface area (Å²) in [5.74, 6) is 0. The Balaban J connectivity index is 2.12. The predicted octanol–water partition coefficient (Wildman–Crippen LogP) is 2.08. The number of likely N-dealkylation sites (N-methyl/N-ethyl adjacent to an activating group) is 1. The normalized spacial score (nSPS) is 21.4. The Labute approximate surface area is 114 Å². The minimum atomic E-state index is 0.306. The van der Waals surface area contributed by atoms with Crippen molar-refractivity contribution in [3.8, 4) is 0 Å². The maximum absolute atomic E-state index is 6.30. The first-order valence-corrected chi connectivity index (χ1v) is 7.04. The number of hydrogen-bond donors (Lipinski definition) is 1. The zero-order chi connectivity index (χ0) is 13.1. The molecule has 5 heteroatoms. The van der Waals surface area contributed by atoms with Crippen LogP contribution in [0.5, 0.6) is 0 Å². The molecule has 18 heavy (non-hydrogen) atoms. The Morgan fingerprint density at radius 2 is 2.39 bits per heavy atom. The van der Waals surface area contributed by atoms with E-state index in [2.05, 4.69) is 17.3 Å². The van der Waals surface area contributed by atoms with Gasteiger partial charge in [0.15, 0.2) is 0 Å². The molecule has 1 saturated heterocycles. The molecule has 0 aromatic carbocycles. The Kier molecular flexibility index (Phi) is 4.65. The van der Waals surface area contributed by atoms with Gasteiger partial charge in [-0.25, -0.2) is 0 Å². The van der Waals surface area contributed by atoms with Crippen molar-refractivity contribution in [3.05, 3.63) is 16.4 Å². The first-order valence-electron chi connectivity index (χ1n) is 6.66. The summed E-state index contributed by atoms with van der Waals surface area (Å²) >= 11 is 6.30. The van der Waals surface area contributed by atoms with E-state index in [4.69, 9.17) is 16.3 Å². The lowest BCUT2D eigenvalue weighted by molar-refractivity contribution is 0.0789. The second kappa shape index (κ2) is 6.04. The van der Waals surface area contributed by atoms with Crippen LogP contribution in [0.25, 0.3) is 0 Å². The molecule has 0 amide bonds. The summed E-state index contributed by atoms with van der Waals surface area (Å²) in [6.07, 6.45) is 3.48. The summed E-state index contributed by atoms with van der Waals surface area (Å²) in [5.41, 5.74) is 2.16. The largest absolute Gasteiger partial charge is 0.377 e. The molecule has 0 spiro atoms. The quantitative estimate of drug-likeness (QED) is 0.891. The first kappa shape index (κ1) is 13.8. The average molecular weight is 272 g/mol. The maximum Gasteiger partial charge on any atom is 0.130 e. The predicted molar refractivity (Wildman–Crippen MR) is 73.1 cm³/mol. The third-order valence-corrected chi connectivity index (χ3v) is 4.05. The fraction of sp³-hybridized carbons (Fsp3) is 0.769. The van der Waals surface area contributed by atoms with E-state index in [0.717, 1.165) is 48.8 Å². The lowest BCUT2D eigenvalue weighted by atomic mass is 10.00. The molecule has 0 aliphatic carbocycles. The van der Waals surface area contributed by atoms with E-state index in [1.807, 2.05) is 14.0 Å². The SMILES string of the molecule is CCNC(Cc1c(C)nn(C)c1Cl)C1CCCO1. The average Bonchev–Trinajstić information content (AvgIpc) is 2.93. The smallest absolute Gasteiger partial charge is 0.130 e.